The van der Waals surface area contributed by atoms with Crippen LogP contribution in [0.15, 0.2) is 0 Å². The average molecular weight is 272 g/mol. The van der Waals surface area contributed by atoms with E-state index < -0.39 is 15.5 Å². The van der Waals surface area contributed by atoms with Gasteiger partial charge in [-0.3, -0.25) is 0 Å². The summed E-state index contributed by atoms with van der Waals surface area (Å²) < 4.78 is 60.2. The summed E-state index contributed by atoms with van der Waals surface area (Å²) in [5, 5.41) is 0. The highest BCUT2D eigenvalue weighted by Crippen LogP contribution is 2.39. The lowest BCUT2D eigenvalue weighted by Crippen LogP contribution is -2.39. The SMILES string of the molecule is NC1CC[C@@H]2CN(S(=O)(=O)C(F)(F)F)C[C@@H]2C1. The summed E-state index contributed by atoms with van der Waals surface area (Å²) in [6.07, 6.45) is 2.10. The molecule has 0 spiro atoms. The second-order valence-electron chi connectivity index (χ2n) is 4.86. The van der Waals surface area contributed by atoms with Gasteiger partial charge in [0.05, 0.1) is 0 Å². The highest BCUT2D eigenvalue weighted by atomic mass is 32.2. The highest BCUT2D eigenvalue weighted by molar-refractivity contribution is 7.90. The number of alkyl halides is 3. The van der Waals surface area contributed by atoms with Gasteiger partial charge in [-0.1, -0.05) is 0 Å². The largest absolute Gasteiger partial charge is 0.511 e. The molecule has 3 atom stereocenters. The second kappa shape index (κ2) is 4.10. The molecular weight excluding hydrogens is 257 g/mol. The fraction of sp³-hybridized carbons (Fsp3) is 1.00. The van der Waals surface area contributed by atoms with Crippen molar-refractivity contribution >= 4 is 10.0 Å². The summed E-state index contributed by atoms with van der Waals surface area (Å²) in [6, 6.07) is -0.00945. The van der Waals surface area contributed by atoms with Gasteiger partial charge in [0.15, 0.2) is 0 Å². The van der Waals surface area contributed by atoms with Crippen molar-refractivity contribution < 1.29 is 21.6 Å². The van der Waals surface area contributed by atoms with E-state index in [2.05, 4.69) is 0 Å². The molecule has 0 aromatic heterocycles. The maximum Gasteiger partial charge on any atom is 0.511 e. The molecule has 1 unspecified atom stereocenters. The summed E-state index contributed by atoms with van der Waals surface area (Å²) >= 11 is 0. The van der Waals surface area contributed by atoms with Crippen molar-refractivity contribution in [1.29, 1.82) is 0 Å². The molecule has 1 heterocycles. The van der Waals surface area contributed by atoms with E-state index >= 15 is 0 Å². The summed E-state index contributed by atoms with van der Waals surface area (Å²) in [5.41, 5.74) is 0.549. The lowest BCUT2D eigenvalue weighted by Gasteiger charge is -2.28. The number of fused-ring (bicyclic) bond motifs is 1. The van der Waals surface area contributed by atoms with Crippen LogP contribution in [0.3, 0.4) is 0 Å². The van der Waals surface area contributed by atoms with E-state index in [1.54, 1.807) is 0 Å². The molecule has 0 amide bonds. The van der Waals surface area contributed by atoms with Gasteiger partial charge in [0.1, 0.15) is 0 Å². The summed E-state index contributed by atoms with van der Waals surface area (Å²) in [6.45, 7) is -0.0561. The molecular formula is C9H15F3N2O2S. The third-order valence-corrected chi connectivity index (χ3v) is 5.25. The molecule has 0 aromatic carbocycles. The molecule has 2 aliphatic rings. The number of nitrogens with zero attached hydrogens (tertiary/aromatic N) is 1. The van der Waals surface area contributed by atoms with Gasteiger partial charge < -0.3 is 5.73 Å². The van der Waals surface area contributed by atoms with Gasteiger partial charge in [-0.25, -0.2) is 8.42 Å². The van der Waals surface area contributed by atoms with E-state index in [1.165, 1.54) is 0 Å². The summed E-state index contributed by atoms with van der Waals surface area (Å²) in [7, 11) is -5.16. The van der Waals surface area contributed by atoms with E-state index in [4.69, 9.17) is 5.73 Å². The van der Waals surface area contributed by atoms with Crippen molar-refractivity contribution in [1.82, 2.24) is 4.31 Å². The first-order valence-corrected chi connectivity index (χ1v) is 6.98. The number of sulfonamides is 1. The van der Waals surface area contributed by atoms with Crippen molar-refractivity contribution in [2.24, 2.45) is 17.6 Å². The highest BCUT2D eigenvalue weighted by Gasteiger charge is 2.53. The molecule has 4 nitrogen and oxygen atoms in total. The van der Waals surface area contributed by atoms with Crippen molar-refractivity contribution in [3.63, 3.8) is 0 Å². The fourth-order valence-electron chi connectivity index (χ4n) is 2.77. The van der Waals surface area contributed by atoms with Crippen molar-refractivity contribution in [3.05, 3.63) is 0 Å². The number of halogens is 3. The van der Waals surface area contributed by atoms with Crippen LogP contribution < -0.4 is 5.73 Å². The molecule has 0 radical (unpaired) electrons. The van der Waals surface area contributed by atoms with Crippen LogP contribution in [0.4, 0.5) is 13.2 Å². The van der Waals surface area contributed by atoms with Gasteiger partial charge in [0, 0.05) is 19.1 Å². The lowest BCUT2D eigenvalue weighted by atomic mass is 9.79. The van der Waals surface area contributed by atoms with Gasteiger partial charge in [0.2, 0.25) is 0 Å². The van der Waals surface area contributed by atoms with Crippen LogP contribution in [0.2, 0.25) is 0 Å². The van der Waals surface area contributed by atoms with Crippen LogP contribution >= 0.6 is 0 Å². The first kappa shape index (κ1) is 13.1. The van der Waals surface area contributed by atoms with E-state index in [0.717, 1.165) is 12.8 Å². The smallest absolute Gasteiger partial charge is 0.328 e. The maximum absolute atomic E-state index is 12.4. The topological polar surface area (TPSA) is 63.4 Å². The van der Waals surface area contributed by atoms with Crippen LogP contribution in [-0.2, 0) is 10.0 Å². The Morgan fingerprint density at radius 2 is 1.71 bits per heavy atom. The summed E-state index contributed by atoms with van der Waals surface area (Å²) in [5.74, 6) is 0.0165. The van der Waals surface area contributed by atoms with Gasteiger partial charge in [-0.2, -0.15) is 17.5 Å². The van der Waals surface area contributed by atoms with Gasteiger partial charge in [-0.05, 0) is 31.1 Å². The Bertz CT molecular complexity index is 396. The third-order valence-electron chi connectivity index (χ3n) is 3.69. The number of nitrogens with two attached hydrogens (primary N) is 1. The van der Waals surface area contributed by atoms with Crippen LogP contribution in [0.1, 0.15) is 19.3 Å². The molecule has 1 saturated heterocycles. The number of rotatable bonds is 1. The van der Waals surface area contributed by atoms with Crippen LogP contribution in [0, 0.1) is 11.8 Å². The lowest BCUT2D eigenvalue weighted by molar-refractivity contribution is -0.0484. The predicted molar refractivity (Wildman–Crippen MR) is 55.4 cm³/mol. The molecule has 2 rings (SSSR count). The molecule has 1 saturated carbocycles. The van der Waals surface area contributed by atoms with E-state index in [-0.39, 0.29) is 31.0 Å². The molecule has 1 aliphatic carbocycles. The van der Waals surface area contributed by atoms with Crippen LogP contribution in [0.5, 0.6) is 0 Å². The molecule has 0 aromatic rings. The Labute approximate surface area is 98.0 Å². The van der Waals surface area contributed by atoms with Gasteiger partial charge >= 0.3 is 15.5 Å². The normalized spacial score (nSPS) is 35.9. The molecule has 2 N–H and O–H groups in total. The first-order chi connectivity index (χ1) is 7.72. The zero-order valence-corrected chi connectivity index (χ0v) is 9.97. The molecule has 1 aliphatic heterocycles. The van der Waals surface area contributed by atoms with Crippen LogP contribution in [0.25, 0.3) is 0 Å². The Hall–Kier alpha value is -0.340. The molecule has 0 bridgehead atoms. The third kappa shape index (κ3) is 2.30. The first-order valence-electron chi connectivity index (χ1n) is 5.54. The second-order valence-corrected chi connectivity index (χ2v) is 6.79. The average Bonchev–Trinajstić information content (AvgIpc) is 2.58. The Kier molecular flexibility index (Phi) is 3.16. The molecule has 2 fully saturated rings. The predicted octanol–water partition coefficient (Wildman–Crippen LogP) is 0.895. The van der Waals surface area contributed by atoms with E-state index in [9.17, 15) is 21.6 Å². The fourth-order valence-corrected chi connectivity index (χ4v) is 3.84. The molecule has 100 valence electrons. The van der Waals surface area contributed by atoms with Crippen molar-refractivity contribution in [2.75, 3.05) is 13.1 Å². The number of hydrogen-bond donors (Lipinski definition) is 1. The zero-order chi connectivity index (χ0) is 12.8. The monoisotopic (exact) mass is 272 g/mol. The molecule has 8 heteroatoms. The summed E-state index contributed by atoms with van der Waals surface area (Å²) in [4.78, 5) is 0. The Balaban J connectivity index is 2.13. The zero-order valence-electron chi connectivity index (χ0n) is 9.15. The Morgan fingerprint density at radius 1 is 1.12 bits per heavy atom. The standard InChI is InChI=1S/C9H15F3N2O2S/c10-9(11,12)17(15,16)14-4-6-1-2-8(13)3-7(6)5-14/h6-8H,1-5,13H2/t6-,7+,8?/m1/s1. The minimum Gasteiger partial charge on any atom is -0.328 e. The van der Waals surface area contributed by atoms with Crippen molar-refractivity contribution in [3.8, 4) is 0 Å². The molecule has 17 heavy (non-hydrogen) atoms. The maximum atomic E-state index is 12.4. The quantitative estimate of drug-likeness (QED) is 0.771. The van der Waals surface area contributed by atoms with E-state index in [0.29, 0.717) is 10.7 Å². The van der Waals surface area contributed by atoms with Crippen molar-refractivity contribution in [2.45, 2.75) is 30.8 Å². The van der Waals surface area contributed by atoms with Gasteiger partial charge in [0.25, 0.3) is 0 Å². The Morgan fingerprint density at radius 3 is 2.29 bits per heavy atom. The minimum absolute atomic E-state index is 0.00945. The van der Waals surface area contributed by atoms with Gasteiger partial charge in [-0.15, -0.1) is 0 Å². The van der Waals surface area contributed by atoms with Crippen LogP contribution in [-0.4, -0.2) is 37.4 Å². The minimum atomic E-state index is -5.19. The number of hydrogen-bond acceptors (Lipinski definition) is 3. The van der Waals surface area contributed by atoms with E-state index in [1.807, 2.05) is 0 Å².